The van der Waals surface area contributed by atoms with E-state index >= 15 is 0 Å². The highest BCUT2D eigenvalue weighted by Crippen LogP contribution is 2.12. The van der Waals surface area contributed by atoms with Crippen LogP contribution < -0.4 is 10.6 Å². The van der Waals surface area contributed by atoms with Gasteiger partial charge in [-0.1, -0.05) is 24.3 Å². The molecule has 0 saturated carbocycles. The third kappa shape index (κ3) is 4.35. The van der Waals surface area contributed by atoms with Crippen molar-refractivity contribution in [3.05, 3.63) is 83.7 Å². The first kappa shape index (κ1) is 16.5. The molecular weight excluding hydrogens is 326 g/mol. The summed E-state index contributed by atoms with van der Waals surface area (Å²) in [6.45, 7) is 0.182. The Labute approximate surface area is 142 Å². The number of hydrogen-bond acceptors (Lipinski definition) is 4. The fraction of sp³-hybridized carbons (Fsp3) is 0.0556. The zero-order valence-corrected chi connectivity index (χ0v) is 13.0. The first-order chi connectivity index (χ1) is 12.1. The lowest BCUT2D eigenvalue weighted by Crippen LogP contribution is -2.15. The summed E-state index contributed by atoms with van der Waals surface area (Å²) in [6, 6.07) is 13.3. The molecule has 7 heteroatoms. The van der Waals surface area contributed by atoms with Crippen LogP contribution in [0.15, 0.2) is 60.8 Å². The van der Waals surface area contributed by atoms with Gasteiger partial charge in [0, 0.05) is 24.0 Å². The molecule has 126 valence electrons. The van der Waals surface area contributed by atoms with Crippen LogP contribution >= 0.6 is 0 Å². The molecule has 0 fully saturated rings. The van der Waals surface area contributed by atoms with Gasteiger partial charge in [0.1, 0.15) is 17.3 Å². The summed E-state index contributed by atoms with van der Waals surface area (Å²) in [5.41, 5.74) is 0.889. The number of carbonyl (C=O) groups excluding carboxylic acids is 1. The SMILES string of the molecule is O=C(Nc1cccc(F)c1)c1ccnc(NCc2ccccc2F)n1. The summed E-state index contributed by atoms with van der Waals surface area (Å²) in [5.74, 6) is -1.10. The highest BCUT2D eigenvalue weighted by Gasteiger charge is 2.10. The van der Waals surface area contributed by atoms with E-state index in [1.807, 2.05) is 0 Å². The number of rotatable bonds is 5. The molecule has 0 aliphatic carbocycles. The van der Waals surface area contributed by atoms with Crippen molar-refractivity contribution in [1.82, 2.24) is 9.97 Å². The quantitative estimate of drug-likeness (QED) is 0.744. The molecule has 3 rings (SSSR count). The number of anilines is 2. The Morgan fingerprint density at radius 2 is 1.88 bits per heavy atom. The van der Waals surface area contributed by atoms with Crippen LogP contribution in [0.1, 0.15) is 16.1 Å². The minimum absolute atomic E-state index is 0.107. The number of carbonyl (C=O) groups is 1. The van der Waals surface area contributed by atoms with Crippen LogP contribution in [0.3, 0.4) is 0 Å². The van der Waals surface area contributed by atoms with Crippen molar-refractivity contribution in [2.75, 3.05) is 10.6 Å². The zero-order valence-electron chi connectivity index (χ0n) is 13.0. The van der Waals surface area contributed by atoms with E-state index in [0.717, 1.165) is 0 Å². The van der Waals surface area contributed by atoms with Gasteiger partial charge < -0.3 is 10.6 Å². The smallest absolute Gasteiger partial charge is 0.274 e. The molecular formula is C18H14F2N4O. The predicted molar refractivity (Wildman–Crippen MR) is 90.1 cm³/mol. The number of hydrogen-bond donors (Lipinski definition) is 2. The van der Waals surface area contributed by atoms with Gasteiger partial charge in [0.2, 0.25) is 5.95 Å². The topological polar surface area (TPSA) is 66.9 Å². The molecule has 0 aliphatic rings. The summed E-state index contributed by atoms with van der Waals surface area (Å²) >= 11 is 0. The van der Waals surface area contributed by atoms with Gasteiger partial charge in [0.25, 0.3) is 5.91 Å². The van der Waals surface area contributed by atoms with Crippen LogP contribution in [-0.2, 0) is 6.54 Å². The lowest BCUT2D eigenvalue weighted by atomic mass is 10.2. The van der Waals surface area contributed by atoms with Crippen LogP contribution in [0.25, 0.3) is 0 Å². The van der Waals surface area contributed by atoms with Crippen molar-refractivity contribution in [1.29, 1.82) is 0 Å². The molecule has 0 spiro atoms. The largest absolute Gasteiger partial charge is 0.350 e. The van der Waals surface area contributed by atoms with E-state index in [9.17, 15) is 13.6 Å². The van der Waals surface area contributed by atoms with Crippen LogP contribution in [0, 0.1) is 11.6 Å². The molecule has 0 saturated heterocycles. The zero-order chi connectivity index (χ0) is 17.6. The van der Waals surface area contributed by atoms with Gasteiger partial charge in [-0.05, 0) is 30.3 Å². The molecule has 2 N–H and O–H groups in total. The average Bonchev–Trinajstić information content (AvgIpc) is 2.61. The van der Waals surface area contributed by atoms with Gasteiger partial charge in [0.15, 0.2) is 0 Å². The van der Waals surface area contributed by atoms with Gasteiger partial charge in [-0.15, -0.1) is 0 Å². The summed E-state index contributed by atoms with van der Waals surface area (Å²) < 4.78 is 26.8. The van der Waals surface area contributed by atoms with Crippen molar-refractivity contribution in [3.8, 4) is 0 Å². The molecule has 0 bridgehead atoms. The second-order valence-electron chi connectivity index (χ2n) is 5.17. The molecule has 25 heavy (non-hydrogen) atoms. The van der Waals surface area contributed by atoms with E-state index in [1.54, 1.807) is 24.3 Å². The number of amides is 1. The van der Waals surface area contributed by atoms with Crippen molar-refractivity contribution in [2.45, 2.75) is 6.54 Å². The average molecular weight is 340 g/mol. The first-order valence-corrected chi connectivity index (χ1v) is 7.49. The summed E-state index contributed by atoms with van der Waals surface area (Å²) in [7, 11) is 0. The van der Waals surface area contributed by atoms with Crippen molar-refractivity contribution < 1.29 is 13.6 Å². The monoisotopic (exact) mass is 340 g/mol. The van der Waals surface area contributed by atoms with E-state index in [2.05, 4.69) is 20.6 Å². The lowest BCUT2D eigenvalue weighted by molar-refractivity contribution is 0.102. The third-order valence-electron chi connectivity index (χ3n) is 3.37. The Morgan fingerprint density at radius 3 is 2.68 bits per heavy atom. The molecule has 0 radical (unpaired) electrons. The summed E-state index contributed by atoms with van der Waals surface area (Å²) in [6.07, 6.45) is 1.41. The maximum absolute atomic E-state index is 13.6. The Balaban J connectivity index is 1.68. The second kappa shape index (κ2) is 7.48. The molecule has 0 unspecified atom stereocenters. The van der Waals surface area contributed by atoms with Gasteiger partial charge in [-0.25, -0.2) is 18.7 Å². The normalized spacial score (nSPS) is 10.3. The van der Waals surface area contributed by atoms with Crippen LogP contribution in [-0.4, -0.2) is 15.9 Å². The molecule has 2 aromatic carbocycles. The van der Waals surface area contributed by atoms with Crippen LogP contribution in [0.2, 0.25) is 0 Å². The maximum Gasteiger partial charge on any atom is 0.274 e. The Bertz CT molecular complexity index is 902. The number of aromatic nitrogens is 2. The van der Waals surface area contributed by atoms with Crippen molar-refractivity contribution >= 4 is 17.5 Å². The number of halogens is 2. The van der Waals surface area contributed by atoms with Gasteiger partial charge >= 0.3 is 0 Å². The standard InChI is InChI=1S/C18H14F2N4O/c19-13-5-3-6-14(10-13)23-17(25)16-8-9-21-18(24-16)22-11-12-4-1-2-7-15(12)20/h1-10H,11H2,(H,23,25)(H,21,22,24). The molecule has 3 aromatic rings. The van der Waals surface area contributed by atoms with E-state index < -0.39 is 11.7 Å². The Hall–Kier alpha value is -3.35. The van der Waals surface area contributed by atoms with Gasteiger partial charge in [-0.2, -0.15) is 0 Å². The minimum atomic E-state index is -0.498. The highest BCUT2D eigenvalue weighted by molar-refractivity contribution is 6.02. The van der Waals surface area contributed by atoms with Crippen molar-refractivity contribution in [2.24, 2.45) is 0 Å². The summed E-state index contributed by atoms with van der Waals surface area (Å²) in [4.78, 5) is 20.3. The molecule has 1 heterocycles. The Morgan fingerprint density at radius 1 is 1.04 bits per heavy atom. The van der Waals surface area contributed by atoms with E-state index in [-0.39, 0.29) is 24.0 Å². The molecule has 5 nitrogen and oxygen atoms in total. The molecule has 0 atom stereocenters. The number of benzene rings is 2. The first-order valence-electron chi connectivity index (χ1n) is 7.49. The summed E-state index contributed by atoms with van der Waals surface area (Å²) in [5, 5.41) is 5.42. The highest BCUT2D eigenvalue weighted by atomic mass is 19.1. The van der Waals surface area contributed by atoms with Gasteiger partial charge in [-0.3, -0.25) is 4.79 Å². The van der Waals surface area contributed by atoms with Crippen molar-refractivity contribution in [3.63, 3.8) is 0 Å². The van der Waals surface area contributed by atoms with E-state index in [4.69, 9.17) is 0 Å². The number of nitrogens with zero attached hydrogens (tertiary/aromatic N) is 2. The fourth-order valence-electron chi connectivity index (χ4n) is 2.15. The molecule has 0 aliphatic heterocycles. The third-order valence-corrected chi connectivity index (χ3v) is 3.37. The van der Waals surface area contributed by atoms with Crippen LogP contribution in [0.5, 0.6) is 0 Å². The maximum atomic E-state index is 13.6. The van der Waals surface area contributed by atoms with E-state index in [1.165, 1.54) is 36.5 Å². The molecule has 1 amide bonds. The predicted octanol–water partition coefficient (Wildman–Crippen LogP) is 3.62. The van der Waals surface area contributed by atoms with Crippen LogP contribution in [0.4, 0.5) is 20.4 Å². The molecule has 1 aromatic heterocycles. The fourth-order valence-corrected chi connectivity index (χ4v) is 2.15. The Kier molecular flexibility index (Phi) is 4.94. The second-order valence-corrected chi connectivity index (χ2v) is 5.17. The lowest BCUT2D eigenvalue weighted by Gasteiger charge is -2.08. The minimum Gasteiger partial charge on any atom is -0.350 e. The van der Waals surface area contributed by atoms with E-state index in [0.29, 0.717) is 11.3 Å². The number of nitrogens with one attached hydrogen (secondary N) is 2. The van der Waals surface area contributed by atoms with Gasteiger partial charge in [0.05, 0.1) is 0 Å².